The number of carboxylic acid groups (broad SMARTS) is 1. The fraction of sp³-hybridized carbons (Fsp3) is 0.632. The number of likely N-dealkylation sites (N-methyl/N-ethyl adjacent to an activating group) is 1. The van der Waals surface area contributed by atoms with Gasteiger partial charge in [-0.15, -0.1) is 0 Å². The molecule has 2 aliphatic heterocycles. The maximum Gasteiger partial charge on any atom is 0.308 e. The van der Waals surface area contributed by atoms with Gasteiger partial charge in [-0.1, -0.05) is 0 Å². The lowest BCUT2D eigenvalue weighted by molar-refractivity contribution is -0.141. The molecule has 7 heteroatoms. The first kappa shape index (κ1) is 18.6. The largest absolute Gasteiger partial charge is 0.481 e. The van der Waals surface area contributed by atoms with Crippen LogP contribution in [-0.2, 0) is 4.79 Å². The standard InChI is InChI=1S/C19H28N4O3/c1-21(2)16-6-5-15(19(25)26)12-23(13-16)17-11-14(7-8-20-17)18(24)22-9-3-4-10-22/h7-8,11,15-16H,3-6,9-10,12-13H2,1-2H3,(H,25,26)/t15-,16+/m0/s1. The smallest absolute Gasteiger partial charge is 0.308 e. The van der Waals surface area contributed by atoms with E-state index in [1.54, 1.807) is 12.3 Å². The summed E-state index contributed by atoms with van der Waals surface area (Å²) < 4.78 is 0. The molecule has 0 radical (unpaired) electrons. The van der Waals surface area contributed by atoms with Crippen LogP contribution in [0.5, 0.6) is 0 Å². The summed E-state index contributed by atoms with van der Waals surface area (Å²) in [6, 6.07) is 3.83. The van der Waals surface area contributed by atoms with Gasteiger partial charge in [0.15, 0.2) is 0 Å². The first-order chi connectivity index (χ1) is 12.5. The quantitative estimate of drug-likeness (QED) is 0.878. The topological polar surface area (TPSA) is 77.0 Å². The highest BCUT2D eigenvalue weighted by Crippen LogP contribution is 2.24. The molecule has 3 rings (SSSR count). The van der Waals surface area contributed by atoms with Crippen LogP contribution < -0.4 is 4.90 Å². The predicted octanol–water partition coefficient (Wildman–Crippen LogP) is 1.55. The second-order valence-corrected chi connectivity index (χ2v) is 7.54. The third kappa shape index (κ3) is 4.15. The molecule has 0 unspecified atom stereocenters. The van der Waals surface area contributed by atoms with Crippen molar-refractivity contribution in [3.63, 3.8) is 0 Å². The molecule has 3 heterocycles. The Hall–Kier alpha value is -2.15. The van der Waals surface area contributed by atoms with E-state index in [2.05, 4.69) is 9.88 Å². The van der Waals surface area contributed by atoms with Crippen molar-refractivity contribution in [1.29, 1.82) is 0 Å². The number of anilines is 1. The van der Waals surface area contributed by atoms with Crippen molar-refractivity contribution in [3.05, 3.63) is 23.9 Å². The summed E-state index contributed by atoms with van der Waals surface area (Å²) in [5.74, 6) is -0.451. The molecule has 2 saturated heterocycles. The summed E-state index contributed by atoms with van der Waals surface area (Å²) in [6.45, 7) is 2.76. The molecule has 2 fully saturated rings. The molecule has 0 aromatic carbocycles. The van der Waals surface area contributed by atoms with E-state index >= 15 is 0 Å². The number of likely N-dealkylation sites (tertiary alicyclic amines) is 1. The Balaban J connectivity index is 1.83. The minimum atomic E-state index is -0.765. The Labute approximate surface area is 154 Å². The lowest BCUT2D eigenvalue weighted by atomic mass is 10.0. The number of aliphatic carboxylic acids is 1. The molecule has 2 aliphatic rings. The summed E-state index contributed by atoms with van der Waals surface area (Å²) in [7, 11) is 4.04. The molecule has 1 aromatic rings. The maximum atomic E-state index is 12.7. The normalized spacial score (nSPS) is 24.0. The molecular weight excluding hydrogens is 332 g/mol. The first-order valence-electron chi connectivity index (χ1n) is 9.35. The number of rotatable bonds is 4. The van der Waals surface area contributed by atoms with Gasteiger partial charge in [0.05, 0.1) is 5.92 Å². The summed E-state index contributed by atoms with van der Waals surface area (Å²) in [5.41, 5.74) is 0.634. The molecule has 1 aromatic heterocycles. The van der Waals surface area contributed by atoms with E-state index in [4.69, 9.17) is 0 Å². The van der Waals surface area contributed by atoms with Gasteiger partial charge in [-0.25, -0.2) is 4.98 Å². The van der Waals surface area contributed by atoms with Crippen LogP contribution in [0.3, 0.4) is 0 Å². The Kier molecular flexibility index (Phi) is 5.76. The highest BCUT2D eigenvalue weighted by Gasteiger charge is 2.30. The number of carboxylic acids is 1. The monoisotopic (exact) mass is 360 g/mol. The highest BCUT2D eigenvalue weighted by atomic mass is 16.4. The van der Waals surface area contributed by atoms with Gasteiger partial charge < -0.3 is 19.8 Å². The lowest BCUT2D eigenvalue weighted by Crippen LogP contribution is -2.40. The number of aromatic nitrogens is 1. The highest BCUT2D eigenvalue weighted by molar-refractivity contribution is 5.95. The van der Waals surface area contributed by atoms with Crippen LogP contribution in [0.1, 0.15) is 36.0 Å². The SMILES string of the molecule is CN(C)[C@@H]1CC[C@H](C(=O)O)CN(c2cc(C(=O)N3CCCC3)ccn2)C1. The van der Waals surface area contributed by atoms with Gasteiger partial charge >= 0.3 is 5.97 Å². The van der Waals surface area contributed by atoms with Crippen molar-refractivity contribution in [3.8, 4) is 0 Å². The summed E-state index contributed by atoms with van der Waals surface area (Å²) in [6.07, 6.45) is 5.26. The van der Waals surface area contributed by atoms with Crippen molar-refractivity contribution in [1.82, 2.24) is 14.8 Å². The van der Waals surface area contributed by atoms with E-state index < -0.39 is 11.9 Å². The Morgan fingerprint density at radius 2 is 1.92 bits per heavy atom. The zero-order chi connectivity index (χ0) is 18.7. The maximum absolute atomic E-state index is 12.7. The van der Waals surface area contributed by atoms with E-state index in [1.807, 2.05) is 30.0 Å². The number of pyridine rings is 1. The number of hydrogen-bond donors (Lipinski definition) is 1. The van der Waals surface area contributed by atoms with Crippen LogP contribution in [0.4, 0.5) is 5.82 Å². The van der Waals surface area contributed by atoms with Gasteiger partial charge in [0.25, 0.3) is 5.91 Å². The van der Waals surface area contributed by atoms with Crippen molar-refractivity contribution in [2.45, 2.75) is 31.7 Å². The minimum absolute atomic E-state index is 0.0416. The third-order valence-electron chi connectivity index (χ3n) is 5.51. The second kappa shape index (κ2) is 8.03. The fourth-order valence-electron chi connectivity index (χ4n) is 3.81. The minimum Gasteiger partial charge on any atom is -0.481 e. The number of hydrogen-bond acceptors (Lipinski definition) is 5. The van der Waals surface area contributed by atoms with Crippen LogP contribution in [0.25, 0.3) is 0 Å². The van der Waals surface area contributed by atoms with Crippen LogP contribution in [0.2, 0.25) is 0 Å². The summed E-state index contributed by atoms with van der Waals surface area (Å²) in [5, 5.41) is 9.52. The average molecular weight is 360 g/mol. The van der Waals surface area contributed by atoms with E-state index in [1.165, 1.54) is 0 Å². The van der Waals surface area contributed by atoms with Gasteiger partial charge in [0.1, 0.15) is 5.82 Å². The van der Waals surface area contributed by atoms with E-state index in [0.717, 1.165) is 32.4 Å². The van der Waals surface area contributed by atoms with Gasteiger partial charge in [0, 0.05) is 44.0 Å². The number of amides is 1. The van der Waals surface area contributed by atoms with Gasteiger partial charge in [0.2, 0.25) is 0 Å². The Morgan fingerprint density at radius 3 is 2.58 bits per heavy atom. The van der Waals surface area contributed by atoms with Crippen molar-refractivity contribution >= 4 is 17.7 Å². The number of carbonyl (C=O) groups excluding carboxylic acids is 1. The average Bonchev–Trinajstić information content (AvgIpc) is 3.06. The van der Waals surface area contributed by atoms with Gasteiger partial charge in [-0.3, -0.25) is 9.59 Å². The van der Waals surface area contributed by atoms with Crippen molar-refractivity contribution in [2.75, 3.05) is 45.2 Å². The Morgan fingerprint density at radius 1 is 1.19 bits per heavy atom. The third-order valence-corrected chi connectivity index (χ3v) is 5.51. The van der Waals surface area contributed by atoms with Gasteiger partial charge in [-0.2, -0.15) is 0 Å². The van der Waals surface area contributed by atoms with Crippen LogP contribution in [0, 0.1) is 5.92 Å². The molecule has 1 amide bonds. The molecule has 142 valence electrons. The fourth-order valence-corrected chi connectivity index (χ4v) is 3.81. The van der Waals surface area contributed by atoms with Gasteiger partial charge in [-0.05, 0) is 51.9 Å². The second-order valence-electron chi connectivity index (χ2n) is 7.54. The Bertz CT molecular complexity index is 658. The van der Waals surface area contributed by atoms with E-state index in [9.17, 15) is 14.7 Å². The predicted molar refractivity (Wildman–Crippen MR) is 99.4 cm³/mol. The number of carbonyl (C=O) groups is 2. The molecule has 26 heavy (non-hydrogen) atoms. The molecule has 1 N–H and O–H groups in total. The van der Waals surface area contributed by atoms with Crippen LogP contribution in [-0.4, -0.2) is 78.1 Å². The van der Waals surface area contributed by atoms with E-state index in [-0.39, 0.29) is 11.9 Å². The molecule has 7 nitrogen and oxygen atoms in total. The molecular formula is C19H28N4O3. The number of nitrogens with zero attached hydrogens (tertiary/aromatic N) is 4. The van der Waals surface area contributed by atoms with Crippen molar-refractivity contribution < 1.29 is 14.7 Å². The summed E-state index contributed by atoms with van der Waals surface area (Å²) >= 11 is 0. The molecule has 0 saturated carbocycles. The van der Waals surface area contributed by atoms with Crippen LogP contribution >= 0.6 is 0 Å². The van der Waals surface area contributed by atoms with Crippen molar-refractivity contribution in [2.24, 2.45) is 5.92 Å². The summed E-state index contributed by atoms with van der Waals surface area (Å²) in [4.78, 5) is 34.7. The molecule has 0 bridgehead atoms. The first-order valence-corrected chi connectivity index (χ1v) is 9.35. The molecule has 0 spiro atoms. The molecule has 2 atom stereocenters. The zero-order valence-electron chi connectivity index (χ0n) is 15.6. The molecule has 0 aliphatic carbocycles. The van der Waals surface area contributed by atoms with Crippen LogP contribution in [0.15, 0.2) is 18.3 Å². The lowest BCUT2D eigenvalue weighted by Gasteiger charge is -2.30. The van der Waals surface area contributed by atoms with E-state index in [0.29, 0.717) is 30.9 Å². The zero-order valence-corrected chi connectivity index (χ0v) is 15.6.